The zero-order valence-electron chi connectivity index (χ0n) is 14.3. The van der Waals surface area contributed by atoms with Gasteiger partial charge in [0.25, 0.3) is 5.56 Å². The molecule has 7 nitrogen and oxygen atoms in total. The summed E-state index contributed by atoms with van der Waals surface area (Å²) in [4.78, 5) is 40.8. The monoisotopic (exact) mass is 428 g/mol. The Morgan fingerprint density at radius 1 is 1.19 bits per heavy atom. The van der Waals surface area contributed by atoms with Crippen molar-refractivity contribution in [1.29, 1.82) is 0 Å². The summed E-state index contributed by atoms with van der Waals surface area (Å²) in [5.41, 5.74) is 6.48. The van der Waals surface area contributed by atoms with Crippen molar-refractivity contribution < 1.29 is 9.59 Å². The smallest absolute Gasteiger partial charge is 0.261 e. The maximum absolute atomic E-state index is 12.6. The molecule has 0 aliphatic carbocycles. The van der Waals surface area contributed by atoms with Gasteiger partial charge in [-0.05, 0) is 23.8 Å². The van der Waals surface area contributed by atoms with Crippen LogP contribution in [0.3, 0.4) is 0 Å². The summed E-state index contributed by atoms with van der Waals surface area (Å²) in [6.45, 7) is -0.257. The second-order valence-electron chi connectivity index (χ2n) is 6.05. The van der Waals surface area contributed by atoms with E-state index < -0.39 is 17.9 Å². The molecule has 2 amide bonds. The quantitative estimate of drug-likeness (QED) is 0.617. The molecule has 3 N–H and O–H groups in total. The zero-order chi connectivity index (χ0) is 19.4. The van der Waals surface area contributed by atoms with Gasteiger partial charge in [-0.15, -0.1) is 0 Å². The Morgan fingerprint density at radius 3 is 2.63 bits per heavy atom. The highest BCUT2D eigenvalue weighted by molar-refractivity contribution is 9.10. The predicted molar refractivity (Wildman–Crippen MR) is 105 cm³/mol. The fraction of sp³-hybridized carbons (Fsp3) is 0.158. The molecule has 0 saturated carbocycles. The van der Waals surface area contributed by atoms with Crippen LogP contribution in [-0.4, -0.2) is 27.4 Å². The highest BCUT2D eigenvalue weighted by Crippen LogP contribution is 2.14. The lowest BCUT2D eigenvalue weighted by Crippen LogP contribution is -2.47. The van der Waals surface area contributed by atoms with E-state index >= 15 is 0 Å². The maximum atomic E-state index is 12.6. The first kappa shape index (κ1) is 18.8. The van der Waals surface area contributed by atoms with Crippen LogP contribution in [0.25, 0.3) is 10.9 Å². The molecule has 1 heterocycles. The third-order valence-electron chi connectivity index (χ3n) is 4.06. The highest BCUT2D eigenvalue weighted by Gasteiger charge is 2.19. The standard InChI is InChI=1S/C19H17BrN4O3/c20-13-6-7-15-14(9-13)19(27)24(11-22-15)10-17(25)23-16(18(21)26)8-12-4-2-1-3-5-12/h1-7,9,11,16H,8,10H2,(H2,21,26)(H,23,25). The van der Waals surface area contributed by atoms with E-state index in [-0.39, 0.29) is 18.5 Å². The van der Waals surface area contributed by atoms with Gasteiger partial charge in [0.15, 0.2) is 0 Å². The van der Waals surface area contributed by atoms with E-state index in [0.717, 1.165) is 10.0 Å². The summed E-state index contributed by atoms with van der Waals surface area (Å²) in [6, 6.07) is 13.5. The number of amides is 2. The number of nitrogens with zero attached hydrogens (tertiary/aromatic N) is 2. The van der Waals surface area contributed by atoms with Gasteiger partial charge in [0.2, 0.25) is 11.8 Å². The molecule has 2 aromatic carbocycles. The van der Waals surface area contributed by atoms with Crippen LogP contribution in [-0.2, 0) is 22.6 Å². The van der Waals surface area contributed by atoms with Gasteiger partial charge >= 0.3 is 0 Å². The van der Waals surface area contributed by atoms with E-state index in [1.807, 2.05) is 30.3 Å². The first-order chi connectivity index (χ1) is 12.9. The Kier molecular flexibility index (Phi) is 5.66. The Morgan fingerprint density at radius 2 is 1.93 bits per heavy atom. The number of hydrogen-bond donors (Lipinski definition) is 2. The largest absolute Gasteiger partial charge is 0.368 e. The minimum atomic E-state index is -0.863. The van der Waals surface area contributed by atoms with Crippen LogP contribution in [0, 0.1) is 0 Å². The zero-order valence-corrected chi connectivity index (χ0v) is 15.8. The SMILES string of the molecule is NC(=O)C(Cc1ccccc1)NC(=O)Cn1cnc2ccc(Br)cc2c1=O. The number of halogens is 1. The van der Waals surface area contributed by atoms with Crippen molar-refractivity contribution >= 4 is 38.6 Å². The number of carbonyl (C=O) groups excluding carboxylic acids is 2. The number of nitrogens with one attached hydrogen (secondary N) is 1. The van der Waals surface area contributed by atoms with Gasteiger partial charge in [-0.1, -0.05) is 46.3 Å². The first-order valence-corrected chi connectivity index (χ1v) is 9.00. The lowest BCUT2D eigenvalue weighted by atomic mass is 10.1. The highest BCUT2D eigenvalue weighted by atomic mass is 79.9. The average Bonchev–Trinajstić information content (AvgIpc) is 2.65. The molecule has 0 aliphatic heterocycles. The molecule has 0 spiro atoms. The lowest BCUT2D eigenvalue weighted by molar-refractivity contribution is -0.127. The van der Waals surface area contributed by atoms with E-state index in [9.17, 15) is 14.4 Å². The van der Waals surface area contributed by atoms with E-state index in [4.69, 9.17) is 5.73 Å². The van der Waals surface area contributed by atoms with Crippen LogP contribution in [0.1, 0.15) is 5.56 Å². The number of rotatable bonds is 6. The Hall–Kier alpha value is -3.00. The van der Waals surface area contributed by atoms with Crippen molar-refractivity contribution in [2.45, 2.75) is 19.0 Å². The molecule has 8 heteroatoms. The van der Waals surface area contributed by atoms with Crippen molar-refractivity contribution in [3.63, 3.8) is 0 Å². The Bertz CT molecular complexity index is 1050. The summed E-state index contributed by atoms with van der Waals surface area (Å²) in [5.74, 6) is -1.13. The van der Waals surface area contributed by atoms with E-state index in [0.29, 0.717) is 10.9 Å². The van der Waals surface area contributed by atoms with Crippen LogP contribution in [0.15, 0.2) is 64.1 Å². The van der Waals surface area contributed by atoms with Gasteiger partial charge in [-0.3, -0.25) is 19.0 Å². The summed E-state index contributed by atoms with van der Waals surface area (Å²) in [6.07, 6.45) is 1.59. The van der Waals surface area contributed by atoms with Crippen LogP contribution in [0.2, 0.25) is 0 Å². The van der Waals surface area contributed by atoms with Crippen molar-refractivity contribution in [3.8, 4) is 0 Å². The molecule has 1 atom stereocenters. The van der Waals surface area contributed by atoms with E-state index in [1.54, 1.807) is 18.2 Å². The number of primary amides is 1. The third kappa shape index (κ3) is 4.59. The van der Waals surface area contributed by atoms with Crippen molar-refractivity contribution in [1.82, 2.24) is 14.9 Å². The van der Waals surface area contributed by atoms with Gasteiger partial charge in [0.1, 0.15) is 12.6 Å². The number of benzene rings is 2. The van der Waals surface area contributed by atoms with Gasteiger partial charge in [-0.2, -0.15) is 0 Å². The van der Waals surface area contributed by atoms with Gasteiger partial charge < -0.3 is 11.1 Å². The van der Waals surface area contributed by atoms with Crippen LogP contribution in [0.5, 0.6) is 0 Å². The van der Waals surface area contributed by atoms with Gasteiger partial charge in [-0.25, -0.2) is 4.98 Å². The molecule has 1 unspecified atom stereocenters. The molecule has 138 valence electrons. The molecule has 0 radical (unpaired) electrons. The van der Waals surface area contributed by atoms with E-state index in [1.165, 1.54) is 10.9 Å². The average molecular weight is 429 g/mol. The molecule has 1 aromatic heterocycles. The predicted octanol–water partition coefficient (Wildman–Crippen LogP) is 1.37. The van der Waals surface area contributed by atoms with Gasteiger partial charge in [0.05, 0.1) is 17.2 Å². The second kappa shape index (κ2) is 8.13. The normalized spacial score (nSPS) is 11.9. The summed E-state index contributed by atoms with van der Waals surface area (Å²) < 4.78 is 1.94. The number of carbonyl (C=O) groups is 2. The van der Waals surface area contributed by atoms with Crippen molar-refractivity contribution in [2.24, 2.45) is 5.73 Å². The third-order valence-corrected chi connectivity index (χ3v) is 4.55. The molecule has 3 rings (SSSR count). The van der Waals surface area contributed by atoms with Crippen molar-refractivity contribution in [3.05, 3.63) is 75.2 Å². The maximum Gasteiger partial charge on any atom is 0.261 e. The molecule has 27 heavy (non-hydrogen) atoms. The number of nitrogens with two attached hydrogens (primary N) is 1. The molecule has 0 bridgehead atoms. The summed E-state index contributed by atoms with van der Waals surface area (Å²) in [5, 5.41) is 2.99. The van der Waals surface area contributed by atoms with Gasteiger partial charge in [0, 0.05) is 10.9 Å². The fourth-order valence-electron chi connectivity index (χ4n) is 2.71. The summed E-state index contributed by atoms with van der Waals surface area (Å²) in [7, 11) is 0. The molecular weight excluding hydrogens is 412 g/mol. The number of aromatic nitrogens is 2. The van der Waals surface area contributed by atoms with Crippen LogP contribution < -0.4 is 16.6 Å². The topological polar surface area (TPSA) is 107 Å². The Balaban J connectivity index is 1.76. The van der Waals surface area contributed by atoms with Crippen LogP contribution >= 0.6 is 15.9 Å². The number of fused-ring (bicyclic) bond motifs is 1. The molecular formula is C19H17BrN4O3. The molecule has 3 aromatic rings. The minimum absolute atomic E-state index is 0.257. The summed E-state index contributed by atoms with van der Waals surface area (Å²) >= 11 is 3.32. The molecule has 0 saturated heterocycles. The van der Waals surface area contributed by atoms with Crippen LogP contribution in [0.4, 0.5) is 0 Å². The number of hydrogen-bond acceptors (Lipinski definition) is 4. The second-order valence-corrected chi connectivity index (χ2v) is 6.97. The fourth-order valence-corrected chi connectivity index (χ4v) is 3.07. The van der Waals surface area contributed by atoms with E-state index in [2.05, 4.69) is 26.2 Å². The lowest BCUT2D eigenvalue weighted by Gasteiger charge is -2.16. The molecule has 0 aliphatic rings. The minimum Gasteiger partial charge on any atom is -0.368 e. The van der Waals surface area contributed by atoms with Crippen molar-refractivity contribution in [2.75, 3.05) is 0 Å². The molecule has 0 fully saturated rings. The Labute approximate surface area is 163 Å². The first-order valence-electron chi connectivity index (χ1n) is 8.21.